The van der Waals surface area contributed by atoms with Crippen molar-refractivity contribution in [1.29, 1.82) is 0 Å². The molecule has 4 nitrogen and oxygen atoms in total. The molecule has 0 aromatic heterocycles. The molecule has 1 N–H and O–H groups in total. The molecule has 0 aliphatic carbocycles. The van der Waals surface area contributed by atoms with Crippen molar-refractivity contribution < 1.29 is 14.4 Å². The zero-order valence-corrected chi connectivity index (χ0v) is 4.24. The maximum atomic E-state index is 11.7. The van der Waals surface area contributed by atoms with Gasteiger partial charge in [-0.05, 0) is 6.92 Å². The summed E-state index contributed by atoms with van der Waals surface area (Å²) in [6.45, 7) is 0.924. The van der Waals surface area contributed by atoms with Crippen LogP contribution < -0.4 is 0 Å². The lowest BCUT2D eigenvalue weighted by Gasteiger charge is -2.00. The molecule has 0 aromatic carbocycles. The summed E-state index contributed by atoms with van der Waals surface area (Å²) in [4.78, 5) is 8.38. The standard InChI is InChI=1S/C3H6FNO3/c1-2(4)3(6)5(7)8/h2-3,6H,1H3. The summed E-state index contributed by atoms with van der Waals surface area (Å²) in [5.74, 6) is 0. The van der Waals surface area contributed by atoms with Gasteiger partial charge in [0.05, 0.1) is 4.92 Å². The average Bonchev–Trinajstić information content (AvgIpc) is 1.64. The Bertz CT molecular complexity index is 94.5. The molecular formula is C3H6FNO3. The number of hydrogen-bond acceptors (Lipinski definition) is 3. The van der Waals surface area contributed by atoms with E-state index < -0.39 is 17.3 Å². The third kappa shape index (κ3) is 1.83. The van der Waals surface area contributed by atoms with E-state index >= 15 is 0 Å². The van der Waals surface area contributed by atoms with E-state index in [0.717, 1.165) is 6.92 Å². The van der Waals surface area contributed by atoms with Crippen LogP contribution in [0.15, 0.2) is 0 Å². The highest BCUT2D eigenvalue weighted by Crippen LogP contribution is 1.96. The van der Waals surface area contributed by atoms with E-state index in [-0.39, 0.29) is 0 Å². The second kappa shape index (κ2) is 2.56. The van der Waals surface area contributed by atoms with Crippen LogP contribution in [0.3, 0.4) is 0 Å². The Morgan fingerprint density at radius 3 is 2.25 bits per heavy atom. The molecule has 0 aliphatic heterocycles. The van der Waals surface area contributed by atoms with Gasteiger partial charge in [0, 0.05) is 0 Å². The van der Waals surface area contributed by atoms with Crippen molar-refractivity contribution in [3.63, 3.8) is 0 Å². The van der Waals surface area contributed by atoms with Crippen LogP contribution in [0.2, 0.25) is 0 Å². The second-order valence-electron chi connectivity index (χ2n) is 1.38. The molecule has 2 unspecified atom stereocenters. The van der Waals surface area contributed by atoms with Gasteiger partial charge in [0.25, 0.3) is 0 Å². The Labute approximate surface area is 45.1 Å². The third-order valence-corrected chi connectivity index (χ3v) is 0.627. The van der Waals surface area contributed by atoms with Crippen LogP contribution in [0.25, 0.3) is 0 Å². The fourth-order valence-corrected chi connectivity index (χ4v) is 0.168. The topological polar surface area (TPSA) is 63.4 Å². The summed E-state index contributed by atoms with van der Waals surface area (Å²) in [5, 5.41) is 17.6. The summed E-state index contributed by atoms with van der Waals surface area (Å²) in [6, 6.07) is 0. The van der Waals surface area contributed by atoms with Crippen molar-refractivity contribution in [3.05, 3.63) is 10.1 Å². The Morgan fingerprint density at radius 2 is 2.25 bits per heavy atom. The predicted molar refractivity (Wildman–Crippen MR) is 23.6 cm³/mol. The molecule has 0 heterocycles. The molecule has 0 bridgehead atoms. The van der Waals surface area contributed by atoms with Gasteiger partial charge in [0.1, 0.15) is 0 Å². The lowest BCUT2D eigenvalue weighted by atomic mass is 10.4. The van der Waals surface area contributed by atoms with Crippen molar-refractivity contribution in [1.82, 2.24) is 0 Å². The number of aliphatic hydroxyl groups is 1. The largest absolute Gasteiger partial charge is 0.344 e. The molecule has 0 aromatic rings. The Balaban J connectivity index is 3.64. The predicted octanol–water partition coefficient (Wildman–Crippen LogP) is -0.0605. The van der Waals surface area contributed by atoms with E-state index in [1.807, 2.05) is 0 Å². The van der Waals surface area contributed by atoms with Gasteiger partial charge in [-0.15, -0.1) is 0 Å². The Hall–Kier alpha value is -0.710. The van der Waals surface area contributed by atoms with Gasteiger partial charge in [-0.2, -0.15) is 0 Å². The number of nitrogens with zero attached hydrogens (tertiary/aromatic N) is 1. The van der Waals surface area contributed by atoms with Gasteiger partial charge in [-0.3, -0.25) is 10.1 Å². The van der Waals surface area contributed by atoms with Gasteiger partial charge in [0.15, 0.2) is 6.17 Å². The van der Waals surface area contributed by atoms with E-state index in [1.165, 1.54) is 0 Å². The number of hydrogen-bond donors (Lipinski definition) is 1. The van der Waals surface area contributed by atoms with Crippen molar-refractivity contribution >= 4 is 0 Å². The summed E-state index contributed by atoms with van der Waals surface area (Å²) in [7, 11) is 0. The van der Waals surface area contributed by atoms with Gasteiger partial charge >= 0.3 is 6.23 Å². The van der Waals surface area contributed by atoms with Crippen molar-refractivity contribution in [2.24, 2.45) is 0 Å². The van der Waals surface area contributed by atoms with E-state index in [1.54, 1.807) is 0 Å². The molecule has 0 saturated carbocycles. The molecule has 0 radical (unpaired) electrons. The first kappa shape index (κ1) is 7.29. The van der Waals surface area contributed by atoms with Crippen molar-refractivity contribution in [3.8, 4) is 0 Å². The summed E-state index contributed by atoms with van der Waals surface area (Å²) in [6.07, 6.45) is -3.88. The van der Waals surface area contributed by atoms with Crippen LogP contribution in [0.4, 0.5) is 4.39 Å². The molecule has 0 fully saturated rings. The number of aliphatic hydroxyl groups excluding tert-OH is 1. The minimum atomic E-state index is -2.07. The first-order valence-corrected chi connectivity index (χ1v) is 2.01. The van der Waals surface area contributed by atoms with E-state index in [9.17, 15) is 14.5 Å². The fraction of sp³-hybridized carbons (Fsp3) is 1.00. The van der Waals surface area contributed by atoms with Gasteiger partial charge in [0.2, 0.25) is 0 Å². The van der Waals surface area contributed by atoms with Gasteiger partial charge in [-0.1, -0.05) is 0 Å². The molecule has 0 saturated heterocycles. The van der Waals surface area contributed by atoms with Crippen LogP contribution in [0, 0.1) is 10.1 Å². The van der Waals surface area contributed by atoms with E-state index in [2.05, 4.69) is 0 Å². The van der Waals surface area contributed by atoms with Crippen LogP contribution in [0.1, 0.15) is 6.92 Å². The van der Waals surface area contributed by atoms with Crippen molar-refractivity contribution in [2.75, 3.05) is 0 Å². The quantitative estimate of drug-likeness (QED) is 0.318. The lowest BCUT2D eigenvalue weighted by molar-refractivity contribution is -0.578. The summed E-state index contributed by atoms with van der Waals surface area (Å²) >= 11 is 0. The molecule has 0 amide bonds. The molecule has 2 atom stereocenters. The smallest absolute Gasteiger partial charge is 0.331 e. The van der Waals surface area contributed by atoms with Crippen LogP contribution >= 0.6 is 0 Å². The summed E-state index contributed by atoms with van der Waals surface area (Å²) in [5.41, 5.74) is 0. The Kier molecular flexibility index (Phi) is 2.33. The minimum Gasteiger partial charge on any atom is -0.331 e. The average molecular weight is 123 g/mol. The molecule has 5 heteroatoms. The highest BCUT2D eigenvalue weighted by atomic mass is 19.1. The van der Waals surface area contributed by atoms with Crippen LogP contribution in [-0.2, 0) is 0 Å². The van der Waals surface area contributed by atoms with Crippen molar-refractivity contribution in [2.45, 2.75) is 19.3 Å². The molecule has 48 valence electrons. The number of halogens is 1. The minimum absolute atomic E-state index is 0.924. The zero-order chi connectivity index (χ0) is 6.73. The highest BCUT2D eigenvalue weighted by Gasteiger charge is 2.23. The van der Waals surface area contributed by atoms with Gasteiger partial charge in [-0.25, -0.2) is 4.39 Å². The number of nitro groups is 1. The highest BCUT2D eigenvalue weighted by molar-refractivity contribution is 4.46. The number of rotatable bonds is 2. The SMILES string of the molecule is CC(F)C(O)[N+](=O)[O-]. The summed E-state index contributed by atoms with van der Waals surface area (Å²) < 4.78 is 11.7. The first-order chi connectivity index (χ1) is 3.55. The van der Waals surface area contributed by atoms with E-state index in [4.69, 9.17) is 5.11 Å². The van der Waals surface area contributed by atoms with Gasteiger partial charge < -0.3 is 5.11 Å². The third-order valence-electron chi connectivity index (χ3n) is 0.627. The second-order valence-corrected chi connectivity index (χ2v) is 1.38. The van der Waals surface area contributed by atoms with Crippen LogP contribution in [-0.4, -0.2) is 22.4 Å². The molecular weight excluding hydrogens is 117 g/mol. The normalized spacial score (nSPS) is 17.4. The fourth-order valence-electron chi connectivity index (χ4n) is 0.168. The lowest BCUT2D eigenvalue weighted by Crippen LogP contribution is -2.27. The number of alkyl halides is 1. The first-order valence-electron chi connectivity index (χ1n) is 2.01. The zero-order valence-electron chi connectivity index (χ0n) is 4.24. The monoisotopic (exact) mass is 123 g/mol. The van der Waals surface area contributed by atoms with Crippen LogP contribution in [0.5, 0.6) is 0 Å². The maximum Gasteiger partial charge on any atom is 0.344 e. The maximum absolute atomic E-state index is 11.7. The Morgan fingerprint density at radius 1 is 1.88 bits per heavy atom. The molecule has 0 rings (SSSR count). The molecule has 0 spiro atoms. The molecule has 0 aliphatic rings. The van der Waals surface area contributed by atoms with E-state index in [0.29, 0.717) is 0 Å². The molecule has 8 heavy (non-hydrogen) atoms.